The van der Waals surface area contributed by atoms with Crippen LogP contribution >= 0.6 is 0 Å². The highest BCUT2D eigenvalue weighted by atomic mass is 15.1. The molecule has 0 spiro atoms. The van der Waals surface area contributed by atoms with Crippen LogP contribution in [0.1, 0.15) is 26.2 Å². The van der Waals surface area contributed by atoms with E-state index in [4.69, 9.17) is 11.5 Å². The summed E-state index contributed by atoms with van der Waals surface area (Å²) in [5, 5.41) is 3.31. The van der Waals surface area contributed by atoms with E-state index >= 15 is 0 Å². The Hall–Kier alpha value is -1.52. The molecule has 1 unspecified atom stereocenters. The first-order chi connectivity index (χ1) is 7.15. The first-order valence-corrected chi connectivity index (χ1v) is 5.31. The van der Waals surface area contributed by atoms with Crippen molar-refractivity contribution in [3.05, 3.63) is 6.07 Å². The van der Waals surface area contributed by atoms with E-state index in [9.17, 15) is 0 Å². The molecule has 0 radical (unpaired) electrons. The van der Waals surface area contributed by atoms with E-state index in [0.29, 0.717) is 11.9 Å². The molecule has 1 saturated carbocycles. The molecule has 0 aromatic carbocycles. The van der Waals surface area contributed by atoms with E-state index in [-0.39, 0.29) is 5.95 Å². The lowest BCUT2D eigenvalue weighted by Crippen LogP contribution is -2.31. The zero-order valence-corrected chi connectivity index (χ0v) is 8.90. The molecule has 15 heavy (non-hydrogen) atoms. The Morgan fingerprint density at radius 2 is 2.13 bits per heavy atom. The minimum Gasteiger partial charge on any atom is -0.383 e. The average Bonchev–Trinajstić information content (AvgIpc) is 1.96. The maximum atomic E-state index is 5.59. The van der Waals surface area contributed by atoms with Gasteiger partial charge in [-0.25, -0.2) is 0 Å². The Balaban J connectivity index is 2.02. The third-order valence-corrected chi connectivity index (χ3v) is 3.00. The minimum absolute atomic E-state index is 0.221. The molecule has 1 heterocycles. The quantitative estimate of drug-likeness (QED) is 0.693. The van der Waals surface area contributed by atoms with Crippen molar-refractivity contribution < 1.29 is 0 Å². The van der Waals surface area contributed by atoms with Crippen LogP contribution in [0.2, 0.25) is 0 Å². The number of nitrogens with zero attached hydrogens (tertiary/aromatic N) is 2. The van der Waals surface area contributed by atoms with Gasteiger partial charge in [0.25, 0.3) is 0 Å². The molecular weight excluding hydrogens is 190 g/mol. The van der Waals surface area contributed by atoms with Crippen molar-refractivity contribution in [1.29, 1.82) is 0 Å². The summed E-state index contributed by atoms with van der Waals surface area (Å²) in [6, 6.07) is 2.14. The van der Waals surface area contributed by atoms with Gasteiger partial charge in [-0.2, -0.15) is 9.97 Å². The fourth-order valence-electron chi connectivity index (χ4n) is 1.85. The van der Waals surface area contributed by atoms with Gasteiger partial charge in [0.2, 0.25) is 5.95 Å². The number of hydrogen-bond acceptors (Lipinski definition) is 5. The number of nitrogen functional groups attached to an aromatic ring is 2. The lowest BCUT2D eigenvalue weighted by Gasteiger charge is -2.32. The van der Waals surface area contributed by atoms with E-state index < -0.39 is 0 Å². The van der Waals surface area contributed by atoms with Gasteiger partial charge in [0.05, 0.1) is 0 Å². The molecule has 1 atom stereocenters. The second-order valence-corrected chi connectivity index (χ2v) is 4.16. The molecule has 1 aliphatic carbocycles. The summed E-state index contributed by atoms with van der Waals surface area (Å²) in [5.74, 6) is 2.10. The molecule has 5 heteroatoms. The van der Waals surface area contributed by atoms with Crippen LogP contribution in [-0.4, -0.2) is 16.0 Å². The number of nitrogens with two attached hydrogens (primary N) is 2. The van der Waals surface area contributed by atoms with Crippen LogP contribution in [0.5, 0.6) is 0 Å². The highest BCUT2D eigenvalue weighted by molar-refractivity contribution is 5.48. The van der Waals surface area contributed by atoms with Crippen molar-refractivity contribution >= 4 is 17.6 Å². The maximum absolute atomic E-state index is 5.59. The van der Waals surface area contributed by atoms with Crippen LogP contribution in [0, 0.1) is 5.92 Å². The Morgan fingerprint density at radius 1 is 1.40 bits per heavy atom. The summed E-state index contributed by atoms with van der Waals surface area (Å²) in [6.45, 7) is 2.16. The average molecular weight is 207 g/mol. The Bertz CT molecular complexity index is 327. The number of aromatic nitrogens is 2. The van der Waals surface area contributed by atoms with Crippen molar-refractivity contribution in [2.45, 2.75) is 32.2 Å². The van der Waals surface area contributed by atoms with Crippen LogP contribution in [-0.2, 0) is 0 Å². The van der Waals surface area contributed by atoms with E-state index in [1.54, 1.807) is 6.07 Å². The molecule has 5 nitrogen and oxygen atoms in total. The summed E-state index contributed by atoms with van der Waals surface area (Å²) in [6.07, 6.45) is 3.93. The zero-order chi connectivity index (χ0) is 10.8. The summed E-state index contributed by atoms with van der Waals surface area (Å²) in [4.78, 5) is 7.92. The van der Waals surface area contributed by atoms with Crippen molar-refractivity contribution in [2.75, 3.05) is 16.8 Å². The van der Waals surface area contributed by atoms with Gasteiger partial charge in [0.1, 0.15) is 11.6 Å². The van der Waals surface area contributed by atoms with E-state index in [1.807, 2.05) is 0 Å². The molecule has 0 amide bonds. The zero-order valence-electron chi connectivity index (χ0n) is 8.90. The van der Waals surface area contributed by atoms with Crippen LogP contribution in [0.4, 0.5) is 17.6 Å². The third-order valence-electron chi connectivity index (χ3n) is 3.00. The van der Waals surface area contributed by atoms with Gasteiger partial charge in [-0.3, -0.25) is 0 Å². The van der Waals surface area contributed by atoms with E-state index in [1.165, 1.54) is 19.3 Å². The molecule has 82 valence electrons. The van der Waals surface area contributed by atoms with Crippen molar-refractivity contribution in [1.82, 2.24) is 9.97 Å². The maximum Gasteiger partial charge on any atom is 0.223 e. The Kier molecular flexibility index (Phi) is 2.62. The number of rotatable bonds is 3. The summed E-state index contributed by atoms with van der Waals surface area (Å²) in [7, 11) is 0. The van der Waals surface area contributed by atoms with Gasteiger partial charge in [-0.15, -0.1) is 0 Å². The number of nitrogens with one attached hydrogen (secondary N) is 1. The summed E-state index contributed by atoms with van der Waals surface area (Å²) >= 11 is 0. The van der Waals surface area contributed by atoms with E-state index in [2.05, 4.69) is 22.2 Å². The predicted molar refractivity (Wildman–Crippen MR) is 61.3 cm³/mol. The van der Waals surface area contributed by atoms with Crippen LogP contribution in [0.25, 0.3) is 0 Å². The van der Waals surface area contributed by atoms with Gasteiger partial charge >= 0.3 is 0 Å². The smallest absolute Gasteiger partial charge is 0.223 e. The molecule has 0 saturated heterocycles. The highest BCUT2D eigenvalue weighted by Gasteiger charge is 2.23. The number of hydrogen-bond donors (Lipinski definition) is 3. The van der Waals surface area contributed by atoms with Crippen molar-refractivity contribution in [3.63, 3.8) is 0 Å². The molecular formula is C10H17N5. The largest absolute Gasteiger partial charge is 0.383 e. The first kappa shape index (κ1) is 10.0. The molecule has 1 aliphatic rings. The van der Waals surface area contributed by atoms with Gasteiger partial charge in [-0.1, -0.05) is 6.42 Å². The Labute approximate surface area is 89.3 Å². The second kappa shape index (κ2) is 3.92. The van der Waals surface area contributed by atoms with E-state index in [0.717, 1.165) is 11.7 Å². The summed E-state index contributed by atoms with van der Waals surface area (Å²) in [5.41, 5.74) is 11.1. The molecule has 1 aromatic heterocycles. The fraction of sp³-hybridized carbons (Fsp3) is 0.600. The highest BCUT2D eigenvalue weighted by Crippen LogP contribution is 2.30. The summed E-state index contributed by atoms with van der Waals surface area (Å²) < 4.78 is 0. The van der Waals surface area contributed by atoms with Gasteiger partial charge in [-0.05, 0) is 25.7 Å². The van der Waals surface area contributed by atoms with Crippen molar-refractivity contribution in [2.24, 2.45) is 5.92 Å². The predicted octanol–water partition coefficient (Wildman–Crippen LogP) is 1.24. The van der Waals surface area contributed by atoms with Crippen LogP contribution in [0.3, 0.4) is 0 Å². The lowest BCUT2D eigenvalue weighted by molar-refractivity contribution is 0.285. The van der Waals surface area contributed by atoms with Gasteiger partial charge in [0.15, 0.2) is 0 Å². The molecule has 0 aliphatic heterocycles. The van der Waals surface area contributed by atoms with Crippen LogP contribution < -0.4 is 16.8 Å². The minimum atomic E-state index is 0.221. The van der Waals surface area contributed by atoms with Gasteiger partial charge < -0.3 is 16.8 Å². The second-order valence-electron chi connectivity index (χ2n) is 4.16. The number of anilines is 3. The monoisotopic (exact) mass is 207 g/mol. The normalized spacial score (nSPS) is 18.2. The standard InChI is InChI=1S/C10H17N5/c1-6(7-3-2-4-7)13-9-5-8(11)14-10(12)15-9/h5-7H,2-4H2,1H3,(H5,11,12,13,14,15). The SMILES string of the molecule is CC(Nc1cc(N)nc(N)n1)C1CCC1. The topological polar surface area (TPSA) is 89.8 Å². The third kappa shape index (κ3) is 2.29. The molecule has 5 N–H and O–H groups in total. The fourth-order valence-corrected chi connectivity index (χ4v) is 1.85. The molecule has 0 bridgehead atoms. The van der Waals surface area contributed by atoms with Crippen molar-refractivity contribution in [3.8, 4) is 0 Å². The van der Waals surface area contributed by atoms with Crippen LogP contribution in [0.15, 0.2) is 6.07 Å². The Morgan fingerprint density at radius 3 is 2.67 bits per heavy atom. The molecule has 1 aromatic rings. The first-order valence-electron chi connectivity index (χ1n) is 5.31. The molecule has 1 fully saturated rings. The molecule has 2 rings (SSSR count). The van der Waals surface area contributed by atoms with Gasteiger partial charge in [0, 0.05) is 12.1 Å². The lowest BCUT2D eigenvalue weighted by atomic mass is 9.80.